The summed E-state index contributed by atoms with van der Waals surface area (Å²) in [6.45, 7) is 1.41. The Balaban J connectivity index is 1.89. The van der Waals surface area contributed by atoms with Crippen molar-refractivity contribution in [3.05, 3.63) is 0 Å². The summed E-state index contributed by atoms with van der Waals surface area (Å²) >= 11 is 0. The minimum Gasteiger partial charge on any atom is -0.377 e. The van der Waals surface area contributed by atoms with Crippen LogP contribution in [0.15, 0.2) is 0 Å². The molecule has 0 spiro atoms. The minimum atomic E-state index is -3.01. The van der Waals surface area contributed by atoms with Crippen LogP contribution in [0.5, 0.6) is 0 Å². The molecule has 0 radical (unpaired) electrons. The van der Waals surface area contributed by atoms with E-state index in [0.29, 0.717) is 19.6 Å². The average molecular weight is 306 g/mol. The molecule has 2 rings (SSSR count). The molecule has 3 atom stereocenters. The van der Waals surface area contributed by atoms with Gasteiger partial charge in [0.2, 0.25) is 5.91 Å². The van der Waals surface area contributed by atoms with E-state index in [1.807, 2.05) is 0 Å². The first-order valence-electron chi connectivity index (χ1n) is 6.72. The van der Waals surface area contributed by atoms with Crippen molar-refractivity contribution < 1.29 is 22.7 Å². The van der Waals surface area contributed by atoms with Gasteiger partial charge in [-0.2, -0.15) is 0 Å². The summed E-state index contributed by atoms with van der Waals surface area (Å²) in [7, 11) is 0.180. The van der Waals surface area contributed by atoms with Gasteiger partial charge in [-0.25, -0.2) is 8.42 Å². The van der Waals surface area contributed by atoms with Gasteiger partial charge in [-0.3, -0.25) is 4.79 Å². The van der Waals surface area contributed by atoms with Crippen molar-refractivity contribution in [1.82, 2.24) is 10.2 Å². The number of sulfone groups is 1. The number of rotatable bonds is 4. The van der Waals surface area contributed by atoms with Gasteiger partial charge < -0.3 is 19.7 Å². The van der Waals surface area contributed by atoms with Crippen molar-refractivity contribution in [1.29, 1.82) is 0 Å². The summed E-state index contributed by atoms with van der Waals surface area (Å²) in [4.78, 5) is 13.9. The van der Waals surface area contributed by atoms with Crippen molar-refractivity contribution in [3.8, 4) is 0 Å². The van der Waals surface area contributed by atoms with E-state index in [1.165, 1.54) is 0 Å². The Labute approximate surface area is 119 Å². The van der Waals surface area contributed by atoms with Gasteiger partial charge in [-0.15, -0.1) is 0 Å². The molecule has 8 heteroatoms. The fourth-order valence-electron chi connectivity index (χ4n) is 2.74. The molecule has 0 bridgehead atoms. The van der Waals surface area contributed by atoms with Crippen molar-refractivity contribution in [2.45, 2.75) is 24.7 Å². The number of amides is 1. The first-order chi connectivity index (χ1) is 9.45. The first-order valence-corrected chi connectivity index (χ1v) is 8.54. The van der Waals surface area contributed by atoms with E-state index >= 15 is 0 Å². The third-order valence-corrected chi connectivity index (χ3v) is 5.63. The lowest BCUT2D eigenvalue weighted by Gasteiger charge is -2.25. The third-order valence-electron chi connectivity index (χ3n) is 3.90. The van der Waals surface area contributed by atoms with E-state index in [-0.39, 0.29) is 42.1 Å². The zero-order chi connectivity index (χ0) is 14.8. The maximum absolute atomic E-state index is 12.2. The van der Waals surface area contributed by atoms with E-state index in [0.717, 1.165) is 0 Å². The molecule has 2 heterocycles. The number of nitrogens with zero attached hydrogens (tertiary/aromatic N) is 1. The zero-order valence-electron chi connectivity index (χ0n) is 11.9. The molecule has 2 aliphatic rings. The Kier molecular flexibility index (Phi) is 5.00. The molecule has 0 aromatic carbocycles. The molecular formula is C12H22N2O5S. The van der Waals surface area contributed by atoms with E-state index in [2.05, 4.69) is 5.32 Å². The van der Waals surface area contributed by atoms with Crippen LogP contribution in [0, 0.1) is 0 Å². The lowest BCUT2D eigenvalue weighted by atomic mass is 10.2. The summed E-state index contributed by atoms with van der Waals surface area (Å²) < 4.78 is 33.7. The molecule has 3 unspecified atom stereocenters. The second-order valence-electron chi connectivity index (χ2n) is 5.32. The van der Waals surface area contributed by atoms with Gasteiger partial charge in [-0.05, 0) is 0 Å². The topological polar surface area (TPSA) is 84.9 Å². The normalized spacial score (nSPS) is 33.3. The summed E-state index contributed by atoms with van der Waals surface area (Å²) in [6, 6.07) is -0.288. The Morgan fingerprint density at radius 1 is 1.25 bits per heavy atom. The van der Waals surface area contributed by atoms with E-state index < -0.39 is 9.84 Å². The van der Waals surface area contributed by atoms with Crippen LogP contribution in [0.2, 0.25) is 0 Å². The molecule has 0 aromatic rings. The maximum atomic E-state index is 12.2. The first kappa shape index (κ1) is 15.7. The highest BCUT2D eigenvalue weighted by Crippen LogP contribution is 2.17. The van der Waals surface area contributed by atoms with Crippen molar-refractivity contribution in [3.63, 3.8) is 0 Å². The molecule has 1 amide bonds. The predicted molar refractivity (Wildman–Crippen MR) is 73.2 cm³/mol. The molecule has 0 saturated carbocycles. The lowest BCUT2D eigenvalue weighted by molar-refractivity contribution is -0.131. The number of likely N-dealkylation sites (tertiary alicyclic amines) is 1. The summed E-state index contributed by atoms with van der Waals surface area (Å²) in [5.41, 5.74) is 0. The second kappa shape index (κ2) is 6.38. The summed E-state index contributed by atoms with van der Waals surface area (Å²) in [6.07, 6.45) is -0.0365. The van der Waals surface area contributed by atoms with Gasteiger partial charge in [0.15, 0.2) is 9.84 Å². The van der Waals surface area contributed by atoms with Crippen LogP contribution < -0.4 is 5.32 Å². The standard InChI is InChI=1S/C12H22N2O5S/c1-18-10-6-14(7-11(10)19-2)12(15)5-9-8-20(16,17)4-3-13-9/h9-11,13H,3-8H2,1-2H3. The third kappa shape index (κ3) is 3.69. The Hall–Kier alpha value is -0.700. The number of hydrogen-bond acceptors (Lipinski definition) is 6. The van der Waals surface area contributed by atoms with Crippen molar-refractivity contribution in [2.24, 2.45) is 0 Å². The fourth-order valence-corrected chi connectivity index (χ4v) is 4.18. The van der Waals surface area contributed by atoms with Gasteiger partial charge in [-0.1, -0.05) is 0 Å². The van der Waals surface area contributed by atoms with Crippen LogP contribution in [-0.2, 0) is 24.1 Å². The number of hydrogen-bond donors (Lipinski definition) is 1. The zero-order valence-corrected chi connectivity index (χ0v) is 12.7. The van der Waals surface area contributed by atoms with Gasteiger partial charge in [0.1, 0.15) is 12.2 Å². The molecule has 7 nitrogen and oxygen atoms in total. The van der Waals surface area contributed by atoms with Gasteiger partial charge in [0.05, 0.1) is 11.5 Å². The maximum Gasteiger partial charge on any atom is 0.224 e. The van der Waals surface area contributed by atoms with Crippen LogP contribution in [0.25, 0.3) is 0 Å². The second-order valence-corrected chi connectivity index (χ2v) is 7.55. The molecule has 2 saturated heterocycles. The number of methoxy groups -OCH3 is 2. The molecule has 20 heavy (non-hydrogen) atoms. The van der Waals surface area contributed by atoms with Gasteiger partial charge >= 0.3 is 0 Å². The van der Waals surface area contributed by atoms with E-state index in [1.54, 1.807) is 19.1 Å². The minimum absolute atomic E-state index is 0.0357. The lowest BCUT2D eigenvalue weighted by Crippen LogP contribution is -2.47. The smallest absolute Gasteiger partial charge is 0.224 e. The monoisotopic (exact) mass is 306 g/mol. The Morgan fingerprint density at radius 3 is 2.35 bits per heavy atom. The fraction of sp³-hybridized carbons (Fsp3) is 0.917. The molecule has 2 fully saturated rings. The van der Waals surface area contributed by atoms with Crippen LogP contribution in [0.1, 0.15) is 6.42 Å². The predicted octanol–water partition coefficient (Wildman–Crippen LogP) is -1.36. The molecule has 2 aliphatic heterocycles. The highest BCUT2D eigenvalue weighted by Gasteiger charge is 2.36. The molecule has 1 N–H and O–H groups in total. The number of carbonyl (C=O) groups is 1. The average Bonchev–Trinajstić information content (AvgIpc) is 2.80. The van der Waals surface area contributed by atoms with E-state index in [4.69, 9.17) is 9.47 Å². The molecular weight excluding hydrogens is 284 g/mol. The molecule has 0 aromatic heterocycles. The van der Waals surface area contributed by atoms with Crippen LogP contribution in [0.3, 0.4) is 0 Å². The summed E-state index contributed by atoms with van der Waals surface area (Å²) in [5, 5.41) is 3.09. The molecule has 0 aliphatic carbocycles. The van der Waals surface area contributed by atoms with Crippen LogP contribution in [-0.4, -0.2) is 82.8 Å². The highest BCUT2D eigenvalue weighted by atomic mass is 32.2. The number of ether oxygens (including phenoxy) is 2. The molecule has 116 valence electrons. The van der Waals surface area contributed by atoms with Gasteiger partial charge in [0.25, 0.3) is 0 Å². The highest BCUT2D eigenvalue weighted by molar-refractivity contribution is 7.91. The Bertz CT molecular complexity index is 441. The number of nitrogens with one attached hydrogen (secondary N) is 1. The SMILES string of the molecule is COC1CN(C(=O)CC2CS(=O)(=O)CCN2)CC1OC. The number of carbonyl (C=O) groups excluding carboxylic acids is 1. The van der Waals surface area contributed by atoms with Gasteiger partial charge in [0, 0.05) is 46.3 Å². The quantitative estimate of drug-likeness (QED) is 0.690. The van der Waals surface area contributed by atoms with Crippen molar-refractivity contribution in [2.75, 3.05) is 45.4 Å². The van der Waals surface area contributed by atoms with Crippen LogP contribution >= 0.6 is 0 Å². The largest absolute Gasteiger partial charge is 0.377 e. The van der Waals surface area contributed by atoms with Crippen molar-refractivity contribution >= 4 is 15.7 Å². The summed E-state index contributed by atoms with van der Waals surface area (Å²) in [5.74, 6) is 0.133. The van der Waals surface area contributed by atoms with E-state index in [9.17, 15) is 13.2 Å². The van der Waals surface area contributed by atoms with Crippen LogP contribution in [0.4, 0.5) is 0 Å². The Morgan fingerprint density at radius 2 is 1.85 bits per heavy atom.